The van der Waals surface area contributed by atoms with E-state index in [1.54, 1.807) is 37.2 Å². The van der Waals surface area contributed by atoms with E-state index in [-0.39, 0.29) is 17.3 Å². The van der Waals surface area contributed by atoms with Crippen molar-refractivity contribution >= 4 is 36.6 Å². The van der Waals surface area contributed by atoms with Crippen LogP contribution in [-0.2, 0) is 23.4 Å². The smallest absolute Gasteiger partial charge is 0.459 e. The summed E-state index contributed by atoms with van der Waals surface area (Å²) in [6.07, 6.45) is -3.09. The van der Waals surface area contributed by atoms with Gasteiger partial charge in [-0.3, -0.25) is 13.9 Å². The molecule has 16 heteroatoms. The summed E-state index contributed by atoms with van der Waals surface area (Å²) in [6, 6.07) is 7.03. The van der Waals surface area contributed by atoms with Crippen molar-refractivity contribution < 1.29 is 37.4 Å². The highest BCUT2D eigenvalue weighted by Crippen LogP contribution is 2.48. The molecule has 0 spiro atoms. The summed E-state index contributed by atoms with van der Waals surface area (Å²) in [7, 11) is 0.409. The Morgan fingerprint density at radius 3 is 2.69 bits per heavy atom. The van der Waals surface area contributed by atoms with Crippen LogP contribution in [0.25, 0.3) is 11.2 Å². The van der Waals surface area contributed by atoms with Gasteiger partial charge in [0.05, 0.1) is 20.0 Å². The van der Waals surface area contributed by atoms with Crippen LogP contribution in [0, 0.1) is 0 Å². The second-order valence-corrected chi connectivity index (χ2v) is 11.0. The molecule has 1 fully saturated rings. The second-order valence-electron chi connectivity index (χ2n) is 9.32. The first-order valence-corrected chi connectivity index (χ1v) is 13.4. The van der Waals surface area contributed by atoms with E-state index in [1.807, 2.05) is 0 Å². The zero-order valence-corrected chi connectivity index (χ0v) is 22.9. The van der Waals surface area contributed by atoms with Gasteiger partial charge in [-0.2, -0.15) is 15.1 Å². The molecule has 3 aromatic rings. The molecule has 14 nitrogen and oxygen atoms in total. The number of nitrogens with one attached hydrogen (secondary N) is 1. The second kappa shape index (κ2) is 11.0. The van der Waals surface area contributed by atoms with Gasteiger partial charge in [0.15, 0.2) is 28.9 Å². The van der Waals surface area contributed by atoms with Crippen molar-refractivity contribution in [3.8, 4) is 5.75 Å². The molecule has 0 saturated carbocycles. The Balaban J connectivity index is 1.59. The van der Waals surface area contributed by atoms with E-state index in [2.05, 4.69) is 24.8 Å². The van der Waals surface area contributed by atoms with Crippen LogP contribution in [0.1, 0.15) is 20.1 Å². The van der Waals surface area contributed by atoms with E-state index >= 15 is 4.39 Å². The molecule has 1 aliphatic rings. The standard InChI is InChI=1S/C23H31FN7O7P/c1-13(20(33)35-5)29-39(34,38-14-9-7-6-8-10-14)36-11-15-17(32)23(2,24)21(37-15)31-12-26-16-18(30(3)4)27-22(25)28-19(16)31/h6-10,12-13,15,17,21,32H,11H2,1-5H3,(H,29,34)(H2,25,27,28)/t13-,15+,17+,21+,23+,39-/m0/s1. The van der Waals surface area contributed by atoms with Gasteiger partial charge in [-0.25, -0.2) is 13.9 Å². The molecule has 212 valence electrons. The topological polar surface area (TPSA) is 176 Å². The Morgan fingerprint density at radius 1 is 1.36 bits per heavy atom. The van der Waals surface area contributed by atoms with Crippen LogP contribution in [0.5, 0.6) is 5.75 Å². The van der Waals surface area contributed by atoms with E-state index in [0.29, 0.717) is 11.3 Å². The first-order chi connectivity index (χ1) is 18.4. The summed E-state index contributed by atoms with van der Waals surface area (Å²) in [5.41, 5.74) is 4.06. The maximum absolute atomic E-state index is 16.0. The van der Waals surface area contributed by atoms with Crippen molar-refractivity contribution in [3.63, 3.8) is 0 Å². The fourth-order valence-electron chi connectivity index (χ4n) is 4.10. The van der Waals surface area contributed by atoms with Crippen LogP contribution in [0.4, 0.5) is 16.2 Å². The lowest BCUT2D eigenvalue weighted by Crippen LogP contribution is -2.41. The summed E-state index contributed by atoms with van der Waals surface area (Å²) in [4.78, 5) is 26.3. The van der Waals surface area contributed by atoms with Gasteiger partial charge >= 0.3 is 13.7 Å². The maximum Gasteiger partial charge on any atom is 0.459 e. The minimum absolute atomic E-state index is 0.0586. The summed E-state index contributed by atoms with van der Waals surface area (Å²) in [6.45, 7) is 2.00. The number of carbonyl (C=O) groups is 1. The Morgan fingerprint density at radius 2 is 2.05 bits per heavy atom. The van der Waals surface area contributed by atoms with E-state index in [9.17, 15) is 14.5 Å². The molecule has 4 rings (SSSR count). The third-order valence-electron chi connectivity index (χ3n) is 6.10. The summed E-state index contributed by atoms with van der Waals surface area (Å²) < 4.78 is 52.5. The van der Waals surface area contributed by atoms with E-state index in [1.165, 1.54) is 37.1 Å². The highest BCUT2D eigenvalue weighted by Gasteiger charge is 2.56. The summed E-state index contributed by atoms with van der Waals surface area (Å²) in [5, 5.41) is 13.3. The Hall–Kier alpha value is -3.36. The number of hydrogen-bond donors (Lipinski definition) is 3. The third-order valence-corrected chi connectivity index (χ3v) is 7.74. The number of rotatable bonds is 10. The van der Waals surface area contributed by atoms with Crippen LogP contribution < -0.4 is 20.2 Å². The summed E-state index contributed by atoms with van der Waals surface area (Å²) >= 11 is 0. The van der Waals surface area contributed by atoms with E-state index < -0.39 is 50.5 Å². The number of ether oxygens (including phenoxy) is 2. The molecule has 1 aromatic carbocycles. The molecule has 0 bridgehead atoms. The number of aliphatic hydroxyl groups excluding tert-OH is 1. The fourth-order valence-corrected chi connectivity index (χ4v) is 5.60. The number of nitrogen functional groups attached to an aromatic ring is 1. The molecular weight excluding hydrogens is 536 g/mol. The van der Waals surface area contributed by atoms with Crippen molar-refractivity contribution in [3.05, 3.63) is 36.7 Å². The molecule has 0 aliphatic carbocycles. The van der Waals surface area contributed by atoms with Crippen LogP contribution in [0.15, 0.2) is 36.7 Å². The number of anilines is 2. The van der Waals surface area contributed by atoms with Crippen molar-refractivity contribution in [2.75, 3.05) is 38.4 Å². The minimum atomic E-state index is -4.25. The molecule has 1 saturated heterocycles. The van der Waals surface area contributed by atoms with Gasteiger partial charge in [0, 0.05) is 14.1 Å². The molecule has 2 aromatic heterocycles. The molecule has 6 atom stereocenters. The molecule has 1 aliphatic heterocycles. The number of benzene rings is 1. The molecule has 3 heterocycles. The molecule has 0 amide bonds. The zero-order valence-electron chi connectivity index (χ0n) is 22.0. The molecule has 0 unspecified atom stereocenters. The quantitative estimate of drug-likeness (QED) is 0.239. The Kier molecular flexibility index (Phi) is 8.09. The number of aromatic nitrogens is 4. The average Bonchev–Trinajstić information content (AvgIpc) is 3.39. The lowest BCUT2D eigenvalue weighted by atomic mass is 9.98. The van der Waals surface area contributed by atoms with Gasteiger partial charge in [0.1, 0.15) is 24.0 Å². The number of aliphatic hydroxyl groups is 1. The minimum Gasteiger partial charge on any atom is -0.468 e. The molecule has 39 heavy (non-hydrogen) atoms. The number of esters is 1. The van der Waals surface area contributed by atoms with Gasteiger partial charge in [-0.15, -0.1) is 0 Å². The number of methoxy groups -OCH3 is 1. The molecule has 0 radical (unpaired) electrons. The van der Waals surface area contributed by atoms with Crippen molar-refractivity contribution in [2.45, 2.75) is 44.0 Å². The summed E-state index contributed by atoms with van der Waals surface area (Å²) in [5.74, 6) is -0.170. The number of para-hydroxylation sites is 1. The Labute approximate surface area is 223 Å². The zero-order chi connectivity index (χ0) is 28.5. The predicted molar refractivity (Wildman–Crippen MR) is 139 cm³/mol. The van der Waals surface area contributed by atoms with Gasteiger partial charge in [-0.1, -0.05) is 18.2 Å². The predicted octanol–water partition coefficient (Wildman–Crippen LogP) is 1.82. The van der Waals surface area contributed by atoms with Crippen molar-refractivity contribution in [2.24, 2.45) is 0 Å². The van der Waals surface area contributed by atoms with Crippen LogP contribution in [0.3, 0.4) is 0 Å². The van der Waals surface area contributed by atoms with Crippen LogP contribution >= 0.6 is 7.75 Å². The number of imidazole rings is 1. The van der Waals surface area contributed by atoms with Gasteiger partial charge in [-0.05, 0) is 26.0 Å². The fraction of sp³-hybridized carbons (Fsp3) is 0.478. The van der Waals surface area contributed by atoms with Crippen LogP contribution in [0.2, 0.25) is 0 Å². The lowest BCUT2D eigenvalue weighted by Gasteiger charge is -2.25. The number of alkyl halides is 1. The molecule has 4 N–H and O–H groups in total. The first kappa shape index (κ1) is 28.6. The van der Waals surface area contributed by atoms with Gasteiger partial charge in [0.25, 0.3) is 0 Å². The van der Waals surface area contributed by atoms with Crippen molar-refractivity contribution in [1.29, 1.82) is 0 Å². The highest BCUT2D eigenvalue weighted by atomic mass is 31.2. The number of nitrogens with two attached hydrogens (primary N) is 1. The maximum atomic E-state index is 16.0. The van der Waals surface area contributed by atoms with E-state index in [4.69, 9.17) is 19.5 Å². The van der Waals surface area contributed by atoms with Crippen molar-refractivity contribution in [1.82, 2.24) is 24.6 Å². The SMILES string of the molecule is COC(=O)[C@H](C)N[P@](=O)(OC[C@H]1O[C@@H](n2cnc3c(N(C)C)nc(N)nc32)[C@](C)(F)[C@@H]1O)Oc1ccccc1. The molecular formula is C23H31FN7O7P. The Bertz CT molecular complexity index is 1370. The largest absolute Gasteiger partial charge is 0.468 e. The lowest BCUT2D eigenvalue weighted by molar-refractivity contribution is -0.142. The normalized spacial score (nSPS) is 25.3. The third kappa shape index (κ3) is 5.82. The monoisotopic (exact) mass is 567 g/mol. The van der Waals surface area contributed by atoms with Gasteiger partial charge in [0.2, 0.25) is 5.95 Å². The number of halogens is 1. The number of nitrogens with zero attached hydrogens (tertiary/aromatic N) is 5. The number of carbonyl (C=O) groups excluding carboxylic acids is 1. The first-order valence-electron chi connectivity index (χ1n) is 11.9. The van der Waals surface area contributed by atoms with Crippen LogP contribution in [-0.4, -0.2) is 82.3 Å². The number of hydrogen-bond acceptors (Lipinski definition) is 12. The number of fused-ring (bicyclic) bond motifs is 1. The highest BCUT2D eigenvalue weighted by molar-refractivity contribution is 7.52. The van der Waals surface area contributed by atoms with Gasteiger partial charge < -0.3 is 29.7 Å². The average molecular weight is 568 g/mol. The van der Waals surface area contributed by atoms with E-state index in [0.717, 1.165) is 6.92 Å².